The molecule has 0 saturated heterocycles. The first-order valence-corrected chi connectivity index (χ1v) is 15.9. The van der Waals surface area contributed by atoms with Crippen molar-refractivity contribution in [3.05, 3.63) is 175 Å². The van der Waals surface area contributed by atoms with Gasteiger partial charge in [-0.25, -0.2) is 4.85 Å². The smallest absolute Gasteiger partial charge is 0.205 e. The Morgan fingerprint density at radius 1 is 0.500 bits per heavy atom. The SMILES string of the molecule is [C-]#[N+]c1cc(-c2ccccc2)c(-n2c3ccccc3c3c(-c4ccc5c(c4)c4ccccc4n5-c4ccccc4)cccc32)cc1C#N. The van der Waals surface area contributed by atoms with Crippen molar-refractivity contribution in [1.29, 1.82) is 5.26 Å². The van der Waals surface area contributed by atoms with Crippen LogP contribution in [0.1, 0.15) is 5.56 Å². The number of hydrogen-bond acceptors (Lipinski definition) is 1. The number of rotatable bonds is 4. The highest BCUT2D eigenvalue weighted by atomic mass is 15.0. The maximum absolute atomic E-state index is 10.1. The monoisotopic (exact) mass is 610 g/mol. The lowest BCUT2D eigenvalue weighted by atomic mass is 9.97. The molecule has 9 rings (SSSR count). The van der Waals surface area contributed by atoms with Gasteiger partial charge in [0.1, 0.15) is 0 Å². The molecule has 0 spiro atoms. The Morgan fingerprint density at radius 3 is 1.90 bits per heavy atom. The van der Waals surface area contributed by atoms with Crippen LogP contribution in [0.15, 0.2) is 158 Å². The Kier molecular flexibility index (Phi) is 6.22. The average molecular weight is 611 g/mol. The summed E-state index contributed by atoms with van der Waals surface area (Å²) in [5.74, 6) is 0. The van der Waals surface area contributed by atoms with Gasteiger partial charge in [0.15, 0.2) is 0 Å². The topological polar surface area (TPSA) is 38.0 Å². The zero-order chi connectivity index (χ0) is 32.2. The zero-order valence-electron chi connectivity index (χ0n) is 25.8. The van der Waals surface area contributed by atoms with E-state index in [1.54, 1.807) is 0 Å². The second kappa shape index (κ2) is 10.9. The highest BCUT2D eigenvalue weighted by molar-refractivity contribution is 6.17. The molecule has 0 fully saturated rings. The molecular formula is C44H26N4. The number of benzene rings is 7. The summed E-state index contributed by atoms with van der Waals surface area (Å²) < 4.78 is 4.59. The van der Waals surface area contributed by atoms with E-state index in [0.29, 0.717) is 11.3 Å². The van der Waals surface area contributed by atoms with Crippen molar-refractivity contribution in [2.75, 3.05) is 0 Å². The number of para-hydroxylation sites is 3. The summed E-state index contributed by atoms with van der Waals surface area (Å²) in [5, 5.41) is 14.8. The molecule has 4 nitrogen and oxygen atoms in total. The maximum Gasteiger partial charge on any atom is 0.205 e. The Morgan fingerprint density at radius 2 is 1.15 bits per heavy atom. The van der Waals surface area contributed by atoms with Crippen molar-refractivity contribution in [3.8, 4) is 39.7 Å². The third kappa shape index (κ3) is 4.07. The Labute approximate surface area is 277 Å². The molecule has 0 radical (unpaired) electrons. The van der Waals surface area contributed by atoms with Crippen molar-refractivity contribution in [2.24, 2.45) is 0 Å². The first-order chi connectivity index (χ1) is 23.7. The largest absolute Gasteiger partial charge is 0.309 e. The van der Waals surface area contributed by atoms with Gasteiger partial charge in [-0.05, 0) is 76.9 Å². The van der Waals surface area contributed by atoms with E-state index in [1.807, 2.05) is 30.3 Å². The van der Waals surface area contributed by atoms with E-state index in [9.17, 15) is 5.26 Å². The molecule has 0 aliphatic carbocycles. The van der Waals surface area contributed by atoms with Crippen LogP contribution in [-0.2, 0) is 0 Å². The predicted octanol–water partition coefficient (Wildman–Crippen LogP) is 11.6. The minimum absolute atomic E-state index is 0.351. The lowest BCUT2D eigenvalue weighted by Crippen LogP contribution is -1.98. The molecule has 0 unspecified atom stereocenters. The van der Waals surface area contributed by atoms with Crippen molar-refractivity contribution >= 4 is 49.3 Å². The normalized spacial score (nSPS) is 11.3. The molecule has 7 aromatic carbocycles. The first-order valence-electron chi connectivity index (χ1n) is 15.9. The van der Waals surface area contributed by atoms with Gasteiger partial charge in [-0.1, -0.05) is 103 Å². The standard InChI is InChI=1S/C44H26N4/c1-46-38-27-36(29-13-4-2-5-14-29)43(26-31(38)28-45)48-40-21-11-9-18-35(40)44-33(19-12-22-42(44)48)30-23-24-41-37(25-30)34-17-8-10-20-39(34)47(41)32-15-6-3-7-16-32/h2-27H. The van der Waals surface area contributed by atoms with Crippen molar-refractivity contribution in [2.45, 2.75) is 0 Å². The number of fused-ring (bicyclic) bond motifs is 6. The predicted molar refractivity (Wildman–Crippen MR) is 197 cm³/mol. The lowest BCUT2D eigenvalue weighted by Gasteiger charge is -2.16. The van der Waals surface area contributed by atoms with Crippen LogP contribution in [0.5, 0.6) is 0 Å². The number of aromatic nitrogens is 2. The first kappa shape index (κ1) is 27.4. The number of nitriles is 1. The molecule has 48 heavy (non-hydrogen) atoms. The van der Waals surface area contributed by atoms with Crippen LogP contribution in [0.25, 0.3) is 82.1 Å². The van der Waals surface area contributed by atoms with Crippen LogP contribution in [0.3, 0.4) is 0 Å². The fourth-order valence-corrected chi connectivity index (χ4v) is 7.31. The third-order valence-electron chi connectivity index (χ3n) is 9.38. The summed E-state index contributed by atoms with van der Waals surface area (Å²) in [7, 11) is 0. The highest BCUT2D eigenvalue weighted by Gasteiger charge is 2.21. The van der Waals surface area contributed by atoms with E-state index in [1.165, 1.54) is 16.3 Å². The molecule has 0 bridgehead atoms. The summed E-state index contributed by atoms with van der Waals surface area (Å²) in [6.45, 7) is 7.80. The Bertz CT molecular complexity index is 2790. The van der Waals surface area contributed by atoms with E-state index in [2.05, 4.69) is 147 Å². The van der Waals surface area contributed by atoms with Gasteiger partial charge < -0.3 is 9.13 Å². The third-order valence-corrected chi connectivity index (χ3v) is 9.38. The maximum atomic E-state index is 10.1. The molecule has 4 heteroatoms. The fraction of sp³-hybridized carbons (Fsp3) is 0. The van der Waals surface area contributed by atoms with Gasteiger partial charge in [-0.2, -0.15) is 5.26 Å². The molecule has 0 amide bonds. The van der Waals surface area contributed by atoms with E-state index in [0.717, 1.165) is 61.0 Å². The van der Waals surface area contributed by atoms with Gasteiger partial charge in [-0.3, -0.25) is 0 Å². The van der Waals surface area contributed by atoms with Gasteiger partial charge >= 0.3 is 0 Å². The molecule has 2 aromatic heterocycles. The molecule has 9 aromatic rings. The second-order valence-corrected chi connectivity index (χ2v) is 11.9. The van der Waals surface area contributed by atoms with E-state index in [-0.39, 0.29) is 0 Å². The van der Waals surface area contributed by atoms with Crippen LogP contribution in [0.2, 0.25) is 0 Å². The van der Waals surface area contributed by atoms with E-state index >= 15 is 0 Å². The van der Waals surface area contributed by atoms with Gasteiger partial charge in [0.05, 0.1) is 46.0 Å². The summed E-state index contributed by atoms with van der Waals surface area (Å²) >= 11 is 0. The van der Waals surface area contributed by atoms with Crippen LogP contribution < -0.4 is 0 Å². The van der Waals surface area contributed by atoms with Crippen LogP contribution in [-0.4, -0.2) is 9.13 Å². The van der Waals surface area contributed by atoms with Gasteiger partial charge in [0, 0.05) is 27.2 Å². The summed E-state index contributed by atoms with van der Waals surface area (Å²) in [6.07, 6.45) is 0. The minimum Gasteiger partial charge on any atom is -0.309 e. The molecule has 0 aliphatic heterocycles. The summed E-state index contributed by atoms with van der Waals surface area (Å²) in [4.78, 5) is 3.71. The Balaban J connectivity index is 1.34. The van der Waals surface area contributed by atoms with Crippen molar-refractivity contribution in [3.63, 3.8) is 0 Å². The molecular weight excluding hydrogens is 585 g/mol. The van der Waals surface area contributed by atoms with Crippen LogP contribution in [0.4, 0.5) is 5.69 Å². The quantitative estimate of drug-likeness (QED) is 0.183. The van der Waals surface area contributed by atoms with Gasteiger partial charge in [0.2, 0.25) is 5.69 Å². The molecule has 222 valence electrons. The van der Waals surface area contributed by atoms with Crippen LogP contribution >= 0.6 is 0 Å². The molecule has 0 N–H and O–H groups in total. The number of hydrogen-bond donors (Lipinski definition) is 0. The zero-order valence-corrected chi connectivity index (χ0v) is 25.8. The number of nitrogens with zero attached hydrogens (tertiary/aromatic N) is 4. The van der Waals surface area contributed by atoms with Gasteiger partial charge in [0.25, 0.3) is 0 Å². The minimum atomic E-state index is 0.351. The van der Waals surface area contributed by atoms with Crippen molar-refractivity contribution < 1.29 is 0 Å². The Hall–Kier alpha value is -6.88. The molecule has 0 aliphatic rings. The highest BCUT2D eigenvalue weighted by Crippen LogP contribution is 2.43. The van der Waals surface area contributed by atoms with Crippen molar-refractivity contribution in [1.82, 2.24) is 9.13 Å². The molecule has 0 saturated carbocycles. The fourth-order valence-electron chi connectivity index (χ4n) is 7.31. The molecule has 0 atom stereocenters. The van der Waals surface area contributed by atoms with E-state index < -0.39 is 0 Å². The van der Waals surface area contributed by atoms with Crippen LogP contribution in [0, 0.1) is 17.9 Å². The summed E-state index contributed by atoms with van der Waals surface area (Å²) in [6, 6.07) is 57.0. The average Bonchev–Trinajstić information content (AvgIpc) is 3.67. The second-order valence-electron chi connectivity index (χ2n) is 11.9. The van der Waals surface area contributed by atoms with E-state index in [4.69, 9.17) is 6.57 Å². The lowest BCUT2D eigenvalue weighted by molar-refractivity contribution is 1.18. The summed E-state index contributed by atoms with van der Waals surface area (Å²) in [5.41, 5.74) is 11.3. The van der Waals surface area contributed by atoms with Gasteiger partial charge in [-0.15, -0.1) is 0 Å². The molecule has 2 heterocycles.